The Balaban J connectivity index is 1.34. The van der Waals surface area contributed by atoms with Gasteiger partial charge in [0.15, 0.2) is 0 Å². The molecule has 0 spiro atoms. The zero-order chi connectivity index (χ0) is 23.0. The number of nitrogens with one attached hydrogen (secondary N) is 1. The van der Waals surface area contributed by atoms with E-state index >= 15 is 0 Å². The average molecular weight is 465 g/mol. The summed E-state index contributed by atoms with van der Waals surface area (Å²) in [5, 5.41) is 8.47. The van der Waals surface area contributed by atoms with Gasteiger partial charge in [-0.15, -0.1) is 0 Å². The van der Waals surface area contributed by atoms with E-state index in [4.69, 9.17) is 5.14 Å². The third kappa shape index (κ3) is 4.58. The van der Waals surface area contributed by atoms with E-state index in [9.17, 15) is 13.2 Å². The predicted octanol–water partition coefficient (Wildman–Crippen LogP) is 3.62. The second kappa shape index (κ2) is 8.76. The normalized spacial score (nSPS) is 18.6. The monoisotopic (exact) mass is 464 g/mol. The molecule has 1 aromatic carbocycles. The first-order valence-corrected chi connectivity index (χ1v) is 13.0. The molecule has 2 amide bonds. The molecule has 2 heterocycles. The summed E-state index contributed by atoms with van der Waals surface area (Å²) < 4.78 is 23.5. The van der Waals surface area contributed by atoms with E-state index in [0.29, 0.717) is 19.1 Å². The number of carbonyl (C=O) groups is 1. The molecule has 1 aromatic heterocycles. The molecule has 2 aliphatic carbocycles. The number of amides is 2. The molecule has 7 nitrogen and oxygen atoms in total. The van der Waals surface area contributed by atoms with Gasteiger partial charge in [0.1, 0.15) is 0 Å². The number of rotatable bonds is 4. The van der Waals surface area contributed by atoms with Crippen molar-refractivity contribution in [2.75, 3.05) is 13.1 Å². The quantitative estimate of drug-likeness (QED) is 0.721. The average Bonchev–Trinajstić information content (AvgIpc) is 3.48. The minimum Gasteiger partial charge on any atom is -0.335 e. The van der Waals surface area contributed by atoms with Crippen LogP contribution in [0.15, 0.2) is 59.1 Å². The fraction of sp³-hybridized carbons (Fsp3) is 0.360. The van der Waals surface area contributed by atoms with E-state index in [1.807, 2.05) is 11.0 Å². The van der Waals surface area contributed by atoms with Crippen LogP contribution in [0, 0.1) is 0 Å². The lowest BCUT2D eigenvalue weighted by molar-refractivity contribution is 0.198. The Morgan fingerprint density at radius 1 is 1.12 bits per heavy atom. The minimum atomic E-state index is -3.77. The lowest BCUT2D eigenvalue weighted by atomic mass is 9.94. The summed E-state index contributed by atoms with van der Waals surface area (Å²) >= 11 is 0. The SMILES string of the molecule is NS(=O)(=O)c1cccc(-c2cnc3c(c2)C(C2=CCN(C(=O)NC4CCCC4)CC2)=CC3)c1. The van der Waals surface area contributed by atoms with Crippen molar-refractivity contribution in [2.45, 2.75) is 49.5 Å². The molecule has 0 saturated heterocycles. The van der Waals surface area contributed by atoms with E-state index in [1.165, 1.54) is 24.5 Å². The summed E-state index contributed by atoms with van der Waals surface area (Å²) in [5.74, 6) is 0. The minimum absolute atomic E-state index is 0.0386. The molecule has 2 aromatic rings. The highest BCUT2D eigenvalue weighted by Crippen LogP contribution is 2.37. The zero-order valence-corrected chi connectivity index (χ0v) is 19.3. The van der Waals surface area contributed by atoms with Crippen LogP contribution >= 0.6 is 0 Å². The van der Waals surface area contributed by atoms with Gasteiger partial charge in [-0.1, -0.05) is 37.1 Å². The van der Waals surface area contributed by atoms with E-state index < -0.39 is 10.0 Å². The molecule has 5 rings (SSSR count). The maximum Gasteiger partial charge on any atom is 0.317 e. The Bertz CT molecular complexity index is 1260. The van der Waals surface area contributed by atoms with Crippen LogP contribution in [0.2, 0.25) is 0 Å². The van der Waals surface area contributed by atoms with E-state index in [-0.39, 0.29) is 10.9 Å². The maximum absolute atomic E-state index is 12.6. The topological polar surface area (TPSA) is 105 Å². The number of pyridine rings is 1. The van der Waals surface area contributed by atoms with Crippen molar-refractivity contribution < 1.29 is 13.2 Å². The van der Waals surface area contributed by atoms with Gasteiger partial charge in [0.25, 0.3) is 0 Å². The number of primary sulfonamides is 1. The van der Waals surface area contributed by atoms with Crippen LogP contribution < -0.4 is 10.5 Å². The van der Waals surface area contributed by atoms with Gasteiger partial charge in [-0.3, -0.25) is 4.98 Å². The van der Waals surface area contributed by atoms with Crippen LogP contribution in [0.4, 0.5) is 4.79 Å². The number of sulfonamides is 1. The van der Waals surface area contributed by atoms with E-state index in [2.05, 4.69) is 28.5 Å². The van der Waals surface area contributed by atoms with Crippen LogP contribution in [-0.4, -0.2) is 43.5 Å². The van der Waals surface area contributed by atoms with Gasteiger partial charge >= 0.3 is 6.03 Å². The van der Waals surface area contributed by atoms with Crippen molar-refractivity contribution in [3.63, 3.8) is 0 Å². The standard InChI is InChI=1S/C25H28N4O3S/c26-33(31,32)21-7-3-4-18(14-21)19-15-23-22(8-9-24(23)27-16-19)17-10-12-29(13-11-17)25(30)28-20-5-1-2-6-20/h3-4,7-8,10,14-16,20H,1-2,5-6,9,11-13H2,(H,28,30)(H2,26,31,32). The molecule has 172 valence electrons. The van der Waals surface area contributed by atoms with Crippen LogP contribution in [-0.2, 0) is 16.4 Å². The summed E-state index contributed by atoms with van der Waals surface area (Å²) in [6.07, 6.45) is 12.3. The van der Waals surface area contributed by atoms with Crippen LogP contribution in [0.1, 0.15) is 43.4 Å². The van der Waals surface area contributed by atoms with Crippen LogP contribution in [0.5, 0.6) is 0 Å². The number of benzene rings is 1. The lowest BCUT2D eigenvalue weighted by Crippen LogP contribution is -2.45. The number of nitrogens with zero attached hydrogens (tertiary/aromatic N) is 2. The Morgan fingerprint density at radius 3 is 2.67 bits per heavy atom. The summed E-state index contributed by atoms with van der Waals surface area (Å²) in [6.45, 7) is 1.30. The lowest BCUT2D eigenvalue weighted by Gasteiger charge is -2.28. The summed E-state index contributed by atoms with van der Waals surface area (Å²) in [7, 11) is -3.77. The fourth-order valence-corrected chi connectivity index (χ4v) is 5.51. The number of hydrogen-bond acceptors (Lipinski definition) is 4. The maximum atomic E-state index is 12.6. The van der Waals surface area contributed by atoms with E-state index in [0.717, 1.165) is 53.6 Å². The second-order valence-corrected chi connectivity index (χ2v) is 10.5. The van der Waals surface area contributed by atoms with Gasteiger partial charge in [0.2, 0.25) is 10.0 Å². The van der Waals surface area contributed by atoms with Gasteiger partial charge < -0.3 is 10.2 Å². The Labute approximate surface area is 194 Å². The second-order valence-electron chi connectivity index (χ2n) is 8.97. The molecule has 0 unspecified atom stereocenters. The van der Waals surface area contributed by atoms with Crippen molar-refractivity contribution >= 4 is 21.6 Å². The molecule has 3 N–H and O–H groups in total. The Kier molecular flexibility index (Phi) is 5.80. The highest BCUT2D eigenvalue weighted by molar-refractivity contribution is 7.89. The number of fused-ring (bicyclic) bond motifs is 1. The number of urea groups is 1. The molecule has 8 heteroatoms. The van der Waals surface area contributed by atoms with Gasteiger partial charge in [-0.2, -0.15) is 0 Å². The summed E-state index contributed by atoms with van der Waals surface area (Å²) in [4.78, 5) is 19.2. The van der Waals surface area contributed by atoms with Gasteiger partial charge in [0, 0.05) is 42.9 Å². The summed E-state index contributed by atoms with van der Waals surface area (Å²) in [6, 6.07) is 9.06. The molecule has 33 heavy (non-hydrogen) atoms. The van der Waals surface area contributed by atoms with Crippen molar-refractivity contribution in [3.05, 3.63) is 65.5 Å². The van der Waals surface area contributed by atoms with Gasteiger partial charge in [-0.25, -0.2) is 18.4 Å². The van der Waals surface area contributed by atoms with Crippen molar-refractivity contribution in [1.82, 2.24) is 15.2 Å². The Morgan fingerprint density at radius 2 is 1.94 bits per heavy atom. The highest BCUT2D eigenvalue weighted by Gasteiger charge is 2.25. The summed E-state index contributed by atoms with van der Waals surface area (Å²) in [5.41, 5.74) is 6.09. The molecule has 0 atom stereocenters. The first-order valence-electron chi connectivity index (χ1n) is 11.5. The van der Waals surface area contributed by atoms with Crippen molar-refractivity contribution in [3.8, 4) is 11.1 Å². The highest BCUT2D eigenvalue weighted by atomic mass is 32.2. The van der Waals surface area contributed by atoms with Crippen LogP contribution in [0.3, 0.4) is 0 Å². The smallest absolute Gasteiger partial charge is 0.317 e. The number of aromatic nitrogens is 1. The fourth-order valence-electron chi connectivity index (χ4n) is 4.95. The van der Waals surface area contributed by atoms with E-state index in [1.54, 1.807) is 18.3 Å². The molecule has 0 radical (unpaired) electrons. The number of allylic oxidation sites excluding steroid dienone is 2. The molecule has 1 fully saturated rings. The molecular formula is C25H28N4O3S. The molecule has 0 bridgehead atoms. The largest absolute Gasteiger partial charge is 0.335 e. The molecule has 1 aliphatic heterocycles. The van der Waals surface area contributed by atoms with Gasteiger partial charge in [-0.05, 0) is 54.2 Å². The third-order valence-electron chi connectivity index (χ3n) is 6.78. The first kappa shape index (κ1) is 21.9. The third-order valence-corrected chi connectivity index (χ3v) is 7.69. The molecule has 1 saturated carbocycles. The Hall–Kier alpha value is -2.97. The van der Waals surface area contributed by atoms with Gasteiger partial charge in [0.05, 0.1) is 10.6 Å². The number of hydrogen-bond donors (Lipinski definition) is 2. The number of carbonyl (C=O) groups excluding carboxylic acids is 1. The van der Waals surface area contributed by atoms with Crippen LogP contribution in [0.25, 0.3) is 16.7 Å². The first-order chi connectivity index (χ1) is 15.9. The zero-order valence-electron chi connectivity index (χ0n) is 18.5. The van der Waals surface area contributed by atoms with Crippen molar-refractivity contribution in [1.29, 1.82) is 0 Å². The molecular weight excluding hydrogens is 436 g/mol. The predicted molar refractivity (Wildman–Crippen MR) is 128 cm³/mol. The van der Waals surface area contributed by atoms with Crippen molar-refractivity contribution in [2.24, 2.45) is 5.14 Å². The number of nitrogens with two attached hydrogens (primary N) is 1. The molecule has 3 aliphatic rings.